The summed E-state index contributed by atoms with van der Waals surface area (Å²) < 4.78 is 1.16. The van der Waals surface area contributed by atoms with Gasteiger partial charge in [0.1, 0.15) is 5.01 Å². The summed E-state index contributed by atoms with van der Waals surface area (Å²) in [5.41, 5.74) is 7.13. The second-order valence-corrected chi connectivity index (χ2v) is 5.59. The average molecular weight is 247 g/mol. The molecule has 4 nitrogen and oxygen atoms in total. The largest absolute Gasteiger partial charge is 0.352 e. The first-order chi connectivity index (χ1) is 8.09. The van der Waals surface area contributed by atoms with Crippen molar-refractivity contribution in [1.82, 2.24) is 10.3 Å². The quantitative estimate of drug-likeness (QED) is 0.854. The molecule has 1 aliphatic carbocycles. The van der Waals surface area contributed by atoms with E-state index in [1.54, 1.807) is 11.3 Å². The van der Waals surface area contributed by atoms with Crippen LogP contribution in [-0.2, 0) is 5.54 Å². The van der Waals surface area contributed by atoms with Crippen molar-refractivity contribution in [2.45, 2.75) is 25.3 Å². The zero-order valence-electron chi connectivity index (χ0n) is 9.49. The molecule has 2 aromatic rings. The predicted octanol–water partition coefficient (Wildman–Crippen LogP) is 2.26. The Morgan fingerprint density at radius 2 is 2.29 bits per heavy atom. The van der Waals surface area contributed by atoms with Gasteiger partial charge in [-0.3, -0.25) is 0 Å². The number of carbonyl (C=O) groups excluding carboxylic acids is 1. The number of nitrogens with one attached hydrogen (secondary N) is 1. The number of aromatic nitrogens is 1. The minimum atomic E-state index is -0.474. The number of rotatable bonds is 2. The molecular formula is C12H13N3OS. The monoisotopic (exact) mass is 247 g/mol. The fraction of sp³-hybridized carbons (Fsp3) is 0.333. The van der Waals surface area contributed by atoms with E-state index in [0.717, 1.165) is 28.1 Å². The third-order valence-electron chi connectivity index (χ3n) is 3.07. The van der Waals surface area contributed by atoms with E-state index >= 15 is 0 Å². The summed E-state index contributed by atoms with van der Waals surface area (Å²) in [6.45, 7) is 2.06. The van der Waals surface area contributed by atoms with Crippen LogP contribution in [0.2, 0.25) is 0 Å². The molecule has 88 valence electrons. The van der Waals surface area contributed by atoms with Crippen LogP contribution in [0.4, 0.5) is 4.79 Å². The number of benzene rings is 1. The number of primary amides is 1. The molecule has 1 aliphatic rings. The molecule has 0 atom stereocenters. The van der Waals surface area contributed by atoms with Gasteiger partial charge in [0.05, 0.1) is 15.8 Å². The number of hydrogen-bond acceptors (Lipinski definition) is 3. The molecule has 0 spiro atoms. The fourth-order valence-electron chi connectivity index (χ4n) is 1.99. The minimum absolute atomic E-state index is 0.288. The smallest absolute Gasteiger partial charge is 0.312 e. The van der Waals surface area contributed by atoms with Gasteiger partial charge < -0.3 is 11.1 Å². The highest BCUT2D eigenvalue weighted by Gasteiger charge is 2.48. The summed E-state index contributed by atoms with van der Waals surface area (Å²) >= 11 is 1.64. The van der Waals surface area contributed by atoms with Crippen LogP contribution in [0.15, 0.2) is 18.2 Å². The summed E-state index contributed by atoms with van der Waals surface area (Å²) in [7, 11) is 0. The molecule has 17 heavy (non-hydrogen) atoms. The summed E-state index contributed by atoms with van der Waals surface area (Å²) in [4.78, 5) is 15.6. The second kappa shape index (κ2) is 3.43. The molecule has 0 bridgehead atoms. The van der Waals surface area contributed by atoms with E-state index in [9.17, 15) is 4.79 Å². The topological polar surface area (TPSA) is 68.0 Å². The summed E-state index contributed by atoms with van der Waals surface area (Å²) in [6, 6.07) is 5.72. The molecule has 2 amide bonds. The Balaban J connectivity index is 2.04. The lowest BCUT2D eigenvalue weighted by atomic mass is 10.2. The second-order valence-electron chi connectivity index (χ2n) is 4.56. The standard InChI is InChI=1S/C12H13N3OS/c1-7-2-3-8-9(6-7)17-10(14-8)12(4-5-12)15-11(13)16/h2-3,6H,4-5H2,1H3,(H3,13,15,16). The first-order valence-corrected chi connectivity index (χ1v) is 6.36. The van der Waals surface area contributed by atoms with Crippen LogP contribution in [-0.4, -0.2) is 11.0 Å². The first-order valence-electron chi connectivity index (χ1n) is 5.54. The van der Waals surface area contributed by atoms with Crippen molar-refractivity contribution < 1.29 is 4.79 Å². The normalized spacial score (nSPS) is 17.0. The highest BCUT2D eigenvalue weighted by Crippen LogP contribution is 2.47. The van der Waals surface area contributed by atoms with Crippen molar-refractivity contribution in [3.05, 3.63) is 28.8 Å². The third-order valence-corrected chi connectivity index (χ3v) is 4.29. The molecule has 1 fully saturated rings. The van der Waals surface area contributed by atoms with Gasteiger partial charge in [0.2, 0.25) is 0 Å². The van der Waals surface area contributed by atoms with E-state index in [2.05, 4.69) is 23.3 Å². The van der Waals surface area contributed by atoms with E-state index < -0.39 is 6.03 Å². The van der Waals surface area contributed by atoms with Gasteiger partial charge in [-0.05, 0) is 37.5 Å². The number of amides is 2. The fourth-order valence-corrected chi connectivity index (χ4v) is 3.26. The highest BCUT2D eigenvalue weighted by atomic mass is 32.1. The minimum Gasteiger partial charge on any atom is -0.352 e. The van der Waals surface area contributed by atoms with Gasteiger partial charge in [-0.2, -0.15) is 0 Å². The van der Waals surface area contributed by atoms with Crippen LogP contribution in [0.1, 0.15) is 23.4 Å². The van der Waals surface area contributed by atoms with Crippen LogP contribution >= 0.6 is 11.3 Å². The van der Waals surface area contributed by atoms with Gasteiger partial charge in [0.15, 0.2) is 0 Å². The SMILES string of the molecule is Cc1ccc2nc(C3(NC(N)=O)CC3)sc2c1. The lowest BCUT2D eigenvalue weighted by Gasteiger charge is -2.11. The van der Waals surface area contributed by atoms with Crippen LogP contribution in [0.5, 0.6) is 0 Å². The zero-order valence-corrected chi connectivity index (χ0v) is 10.3. The predicted molar refractivity (Wildman–Crippen MR) is 68.0 cm³/mol. The number of nitrogens with zero attached hydrogens (tertiary/aromatic N) is 1. The molecule has 1 heterocycles. The highest BCUT2D eigenvalue weighted by molar-refractivity contribution is 7.18. The van der Waals surface area contributed by atoms with E-state index in [0.29, 0.717) is 0 Å². The first kappa shape index (κ1) is 10.5. The van der Waals surface area contributed by atoms with Gasteiger partial charge in [0, 0.05) is 0 Å². The van der Waals surface area contributed by atoms with E-state index in [1.165, 1.54) is 5.56 Å². The van der Waals surface area contributed by atoms with Gasteiger partial charge in [0.25, 0.3) is 0 Å². The molecule has 3 rings (SSSR count). The molecule has 3 N–H and O–H groups in total. The lowest BCUT2D eigenvalue weighted by molar-refractivity contribution is 0.244. The number of hydrogen-bond donors (Lipinski definition) is 2. The maximum absolute atomic E-state index is 11.0. The molecule has 0 radical (unpaired) electrons. The van der Waals surface area contributed by atoms with Crippen LogP contribution < -0.4 is 11.1 Å². The van der Waals surface area contributed by atoms with Gasteiger partial charge in [-0.25, -0.2) is 9.78 Å². The average Bonchev–Trinajstić information content (AvgIpc) is 2.90. The molecular weight excluding hydrogens is 234 g/mol. The zero-order chi connectivity index (χ0) is 12.0. The van der Waals surface area contributed by atoms with Crippen molar-refractivity contribution in [3.63, 3.8) is 0 Å². The van der Waals surface area contributed by atoms with Crippen molar-refractivity contribution >= 4 is 27.6 Å². The van der Waals surface area contributed by atoms with Crippen LogP contribution in [0.25, 0.3) is 10.2 Å². The number of fused-ring (bicyclic) bond motifs is 1. The molecule has 0 saturated heterocycles. The van der Waals surface area contributed by atoms with E-state index in [1.807, 2.05) is 12.1 Å². The number of thiazole rings is 1. The Kier molecular flexibility index (Phi) is 2.13. The molecule has 0 aliphatic heterocycles. The Labute approximate surface area is 103 Å². The summed E-state index contributed by atoms with van der Waals surface area (Å²) in [5, 5.41) is 3.78. The van der Waals surface area contributed by atoms with Gasteiger partial charge in [-0.1, -0.05) is 6.07 Å². The van der Waals surface area contributed by atoms with Gasteiger partial charge in [-0.15, -0.1) is 11.3 Å². The Morgan fingerprint density at radius 1 is 1.53 bits per heavy atom. The number of carbonyl (C=O) groups is 1. The van der Waals surface area contributed by atoms with E-state index in [4.69, 9.17) is 5.73 Å². The molecule has 5 heteroatoms. The third kappa shape index (κ3) is 1.76. The molecule has 1 aromatic heterocycles. The Bertz CT molecular complexity index is 601. The van der Waals surface area contributed by atoms with Crippen molar-refractivity contribution in [3.8, 4) is 0 Å². The summed E-state index contributed by atoms with van der Waals surface area (Å²) in [5.74, 6) is 0. The molecule has 0 unspecified atom stereocenters. The Hall–Kier alpha value is -1.62. The van der Waals surface area contributed by atoms with Crippen molar-refractivity contribution in [2.75, 3.05) is 0 Å². The van der Waals surface area contributed by atoms with Crippen LogP contribution in [0.3, 0.4) is 0 Å². The van der Waals surface area contributed by atoms with Crippen molar-refractivity contribution in [1.29, 1.82) is 0 Å². The number of nitrogens with two attached hydrogens (primary N) is 1. The molecule has 1 saturated carbocycles. The van der Waals surface area contributed by atoms with E-state index in [-0.39, 0.29) is 5.54 Å². The summed E-state index contributed by atoms with van der Waals surface area (Å²) in [6.07, 6.45) is 1.85. The maximum atomic E-state index is 11.0. The molecule has 1 aromatic carbocycles. The lowest BCUT2D eigenvalue weighted by Crippen LogP contribution is -2.38. The Morgan fingerprint density at radius 3 is 2.94 bits per heavy atom. The number of aryl methyl sites for hydroxylation is 1. The van der Waals surface area contributed by atoms with Crippen molar-refractivity contribution in [2.24, 2.45) is 5.73 Å². The van der Waals surface area contributed by atoms with Gasteiger partial charge >= 0.3 is 6.03 Å². The maximum Gasteiger partial charge on any atom is 0.312 e. The van der Waals surface area contributed by atoms with Crippen LogP contribution in [0, 0.1) is 6.92 Å². The number of urea groups is 1.